The first kappa shape index (κ1) is 13.1. The van der Waals surface area contributed by atoms with Crippen molar-refractivity contribution in [3.8, 4) is 0 Å². The first-order chi connectivity index (χ1) is 8.74. The van der Waals surface area contributed by atoms with Crippen LogP contribution in [0, 0.1) is 5.92 Å². The zero-order valence-corrected chi connectivity index (χ0v) is 11.8. The van der Waals surface area contributed by atoms with E-state index >= 15 is 0 Å². The van der Waals surface area contributed by atoms with Crippen LogP contribution in [0.25, 0.3) is 0 Å². The Morgan fingerprint density at radius 2 is 2.17 bits per heavy atom. The minimum Gasteiger partial charge on any atom is -0.356 e. The molecule has 0 aromatic carbocycles. The van der Waals surface area contributed by atoms with Crippen LogP contribution in [0.1, 0.15) is 33.6 Å². The number of hydrogen-bond acceptors (Lipinski definition) is 4. The monoisotopic (exact) mass is 248 g/mol. The van der Waals surface area contributed by atoms with Crippen molar-refractivity contribution in [2.24, 2.45) is 5.92 Å². The summed E-state index contributed by atoms with van der Waals surface area (Å²) in [6.07, 6.45) is 4.49. The second-order valence-electron chi connectivity index (χ2n) is 5.08. The van der Waals surface area contributed by atoms with E-state index in [0.29, 0.717) is 0 Å². The van der Waals surface area contributed by atoms with Crippen molar-refractivity contribution in [3.63, 3.8) is 0 Å². The van der Waals surface area contributed by atoms with E-state index in [4.69, 9.17) is 4.98 Å². The standard InChI is InChI=1S/C14H24N4/c1-4-17(5-2)14-15-9-8-13(16-14)18-10-6-7-12(3)11-18/h8-9,12H,4-7,10-11H2,1-3H3. The summed E-state index contributed by atoms with van der Waals surface area (Å²) in [7, 11) is 0. The first-order valence-corrected chi connectivity index (χ1v) is 7.07. The van der Waals surface area contributed by atoms with Gasteiger partial charge in [-0.15, -0.1) is 0 Å². The fraction of sp³-hybridized carbons (Fsp3) is 0.714. The highest BCUT2D eigenvalue weighted by Gasteiger charge is 2.18. The first-order valence-electron chi connectivity index (χ1n) is 7.07. The van der Waals surface area contributed by atoms with Crippen LogP contribution in [0.5, 0.6) is 0 Å². The molecule has 1 saturated heterocycles. The van der Waals surface area contributed by atoms with Crippen LogP contribution in [0.3, 0.4) is 0 Å². The van der Waals surface area contributed by atoms with E-state index in [1.54, 1.807) is 0 Å². The van der Waals surface area contributed by atoms with Gasteiger partial charge in [0.2, 0.25) is 5.95 Å². The van der Waals surface area contributed by atoms with E-state index in [0.717, 1.165) is 43.9 Å². The van der Waals surface area contributed by atoms with Crippen LogP contribution in [0.2, 0.25) is 0 Å². The Labute approximate surface area is 110 Å². The van der Waals surface area contributed by atoms with Gasteiger partial charge in [0.25, 0.3) is 0 Å². The van der Waals surface area contributed by atoms with Gasteiger partial charge in [0.1, 0.15) is 5.82 Å². The zero-order chi connectivity index (χ0) is 13.0. The smallest absolute Gasteiger partial charge is 0.227 e. The van der Waals surface area contributed by atoms with E-state index in [9.17, 15) is 0 Å². The largest absolute Gasteiger partial charge is 0.356 e. The van der Waals surface area contributed by atoms with Gasteiger partial charge in [-0.1, -0.05) is 6.92 Å². The van der Waals surface area contributed by atoms with Gasteiger partial charge >= 0.3 is 0 Å². The summed E-state index contributed by atoms with van der Waals surface area (Å²) in [5.74, 6) is 2.71. The maximum Gasteiger partial charge on any atom is 0.227 e. The molecule has 4 heteroatoms. The molecule has 0 saturated carbocycles. The van der Waals surface area contributed by atoms with Crippen LogP contribution in [0.4, 0.5) is 11.8 Å². The van der Waals surface area contributed by atoms with E-state index in [1.165, 1.54) is 12.8 Å². The minimum atomic E-state index is 0.769. The second kappa shape index (κ2) is 6.03. The molecule has 2 rings (SSSR count). The fourth-order valence-corrected chi connectivity index (χ4v) is 2.57. The van der Waals surface area contributed by atoms with Gasteiger partial charge in [-0.2, -0.15) is 4.98 Å². The maximum atomic E-state index is 4.71. The van der Waals surface area contributed by atoms with Crippen molar-refractivity contribution in [1.82, 2.24) is 9.97 Å². The summed E-state index contributed by atoms with van der Waals surface area (Å²) in [5, 5.41) is 0. The van der Waals surface area contributed by atoms with Gasteiger partial charge in [-0.25, -0.2) is 4.98 Å². The molecule has 1 fully saturated rings. The summed E-state index contributed by atoms with van der Waals surface area (Å²) < 4.78 is 0. The van der Waals surface area contributed by atoms with Crippen molar-refractivity contribution in [3.05, 3.63) is 12.3 Å². The van der Waals surface area contributed by atoms with Gasteiger partial charge in [-0.05, 0) is 38.7 Å². The average Bonchev–Trinajstić information content (AvgIpc) is 2.41. The predicted molar refractivity (Wildman–Crippen MR) is 76.2 cm³/mol. The molecule has 18 heavy (non-hydrogen) atoms. The molecule has 0 radical (unpaired) electrons. The lowest BCUT2D eigenvalue weighted by Gasteiger charge is -2.32. The molecule has 4 nitrogen and oxygen atoms in total. The highest BCUT2D eigenvalue weighted by atomic mass is 15.3. The van der Waals surface area contributed by atoms with Crippen LogP contribution < -0.4 is 9.80 Å². The number of nitrogens with zero attached hydrogens (tertiary/aromatic N) is 4. The quantitative estimate of drug-likeness (QED) is 0.819. The third kappa shape index (κ3) is 2.92. The van der Waals surface area contributed by atoms with Gasteiger partial charge in [0.15, 0.2) is 0 Å². The van der Waals surface area contributed by atoms with Crippen molar-refractivity contribution < 1.29 is 0 Å². The molecule has 1 aromatic heterocycles. The molecular formula is C14H24N4. The van der Waals surface area contributed by atoms with Gasteiger partial charge < -0.3 is 9.80 Å². The molecule has 0 bridgehead atoms. The normalized spacial score (nSPS) is 19.9. The van der Waals surface area contributed by atoms with Crippen molar-refractivity contribution >= 4 is 11.8 Å². The zero-order valence-electron chi connectivity index (χ0n) is 11.8. The number of anilines is 2. The van der Waals surface area contributed by atoms with E-state index in [-0.39, 0.29) is 0 Å². The van der Waals surface area contributed by atoms with E-state index in [1.807, 2.05) is 12.3 Å². The Bertz CT molecular complexity index is 376. The molecule has 0 aliphatic carbocycles. The summed E-state index contributed by atoms with van der Waals surface area (Å²) in [6, 6.07) is 2.03. The van der Waals surface area contributed by atoms with E-state index in [2.05, 4.69) is 35.6 Å². The maximum absolute atomic E-state index is 4.71. The van der Waals surface area contributed by atoms with Crippen molar-refractivity contribution in [2.75, 3.05) is 36.0 Å². The Balaban J connectivity index is 2.15. The van der Waals surface area contributed by atoms with Crippen LogP contribution in [0.15, 0.2) is 12.3 Å². The summed E-state index contributed by atoms with van der Waals surface area (Å²) >= 11 is 0. The Morgan fingerprint density at radius 3 is 2.83 bits per heavy atom. The van der Waals surface area contributed by atoms with Crippen LogP contribution in [-0.4, -0.2) is 36.1 Å². The second-order valence-corrected chi connectivity index (χ2v) is 5.08. The molecule has 1 aliphatic heterocycles. The molecule has 0 N–H and O–H groups in total. The molecule has 0 spiro atoms. The molecule has 0 amide bonds. The Morgan fingerprint density at radius 1 is 1.39 bits per heavy atom. The van der Waals surface area contributed by atoms with Crippen molar-refractivity contribution in [2.45, 2.75) is 33.6 Å². The van der Waals surface area contributed by atoms with Gasteiger partial charge in [0, 0.05) is 32.4 Å². The Kier molecular flexibility index (Phi) is 4.39. The number of piperidine rings is 1. The van der Waals surface area contributed by atoms with E-state index < -0.39 is 0 Å². The highest BCUT2D eigenvalue weighted by molar-refractivity contribution is 5.44. The highest BCUT2D eigenvalue weighted by Crippen LogP contribution is 2.22. The third-order valence-electron chi connectivity index (χ3n) is 3.66. The van der Waals surface area contributed by atoms with Crippen LogP contribution >= 0.6 is 0 Å². The fourth-order valence-electron chi connectivity index (χ4n) is 2.57. The lowest BCUT2D eigenvalue weighted by molar-refractivity contribution is 0.444. The molecule has 1 aliphatic rings. The van der Waals surface area contributed by atoms with Crippen LogP contribution in [-0.2, 0) is 0 Å². The molecule has 2 heterocycles. The molecule has 1 atom stereocenters. The minimum absolute atomic E-state index is 0.769. The van der Waals surface area contributed by atoms with Gasteiger partial charge in [-0.3, -0.25) is 0 Å². The summed E-state index contributed by atoms with van der Waals surface area (Å²) in [5.41, 5.74) is 0. The molecule has 100 valence electrons. The molecule has 1 unspecified atom stereocenters. The number of hydrogen-bond donors (Lipinski definition) is 0. The average molecular weight is 248 g/mol. The predicted octanol–water partition coefficient (Wildman–Crippen LogP) is 2.56. The lowest BCUT2D eigenvalue weighted by Crippen LogP contribution is -2.35. The lowest BCUT2D eigenvalue weighted by atomic mass is 10.0. The Hall–Kier alpha value is -1.32. The summed E-state index contributed by atoms with van der Waals surface area (Å²) in [6.45, 7) is 10.8. The van der Waals surface area contributed by atoms with Gasteiger partial charge in [0.05, 0.1) is 0 Å². The number of rotatable bonds is 4. The van der Waals surface area contributed by atoms with Crippen molar-refractivity contribution in [1.29, 1.82) is 0 Å². The summed E-state index contributed by atoms with van der Waals surface area (Å²) in [4.78, 5) is 13.7. The molecular weight excluding hydrogens is 224 g/mol. The SMILES string of the molecule is CCN(CC)c1nccc(N2CCCC(C)C2)n1. The molecule has 1 aromatic rings. The topological polar surface area (TPSA) is 32.3 Å². The number of aromatic nitrogens is 2. The third-order valence-corrected chi connectivity index (χ3v) is 3.66.